The Labute approximate surface area is 193 Å². The molecular formula is C24H27Cl2NO4. The van der Waals surface area contributed by atoms with Gasteiger partial charge in [0.1, 0.15) is 0 Å². The van der Waals surface area contributed by atoms with Crippen LogP contribution in [0.3, 0.4) is 0 Å². The molecular weight excluding hydrogens is 437 g/mol. The molecule has 31 heavy (non-hydrogen) atoms. The highest BCUT2D eigenvalue weighted by atomic mass is 35.5. The number of amides is 1. The van der Waals surface area contributed by atoms with Crippen molar-refractivity contribution in [2.45, 2.75) is 45.4 Å². The molecule has 2 aromatic carbocycles. The number of nitrogens with zero attached hydrogens (tertiary/aromatic N) is 1. The van der Waals surface area contributed by atoms with Crippen molar-refractivity contribution in [1.29, 1.82) is 0 Å². The first-order valence-electron chi connectivity index (χ1n) is 10.0. The highest BCUT2D eigenvalue weighted by Gasteiger charge is 2.12. The summed E-state index contributed by atoms with van der Waals surface area (Å²) in [5.74, 6) is 0.352. The van der Waals surface area contributed by atoms with Gasteiger partial charge in [-0.25, -0.2) is 0 Å². The molecule has 0 radical (unpaired) electrons. The lowest BCUT2D eigenvalue weighted by Crippen LogP contribution is -2.26. The standard InChI is InChI=1S/C22H27NO2.C2Cl2O2/c1-18-12-10-11-15-20(18)23(2)22(25)17-9-4-3-8-16-21(24)19-13-6-5-7-14-19;3-1(5)2(4)6/h5-7,10-15H,3-4,8-9,16-17H2,1-2H3;. The Balaban J connectivity index is 0.000000703. The number of benzene rings is 2. The molecule has 7 heteroatoms. The van der Waals surface area contributed by atoms with E-state index in [0.717, 1.165) is 42.5 Å². The van der Waals surface area contributed by atoms with Crippen LogP contribution in [0.25, 0.3) is 0 Å². The van der Waals surface area contributed by atoms with Crippen LogP contribution >= 0.6 is 23.2 Å². The van der Waals surface area contributed by atoms with E-state index in [1.54, 1.807) is 4.90 Å². The van der Waals surface area contributed by atoms with Gasteiger partial charge in [0.25, 0.3) is 0 Å². The van der Waals surface area contributed by atoms with Crippen LogP contribution < -0.4 is 4.90 Å². The molecule has 0 aliphatic rings. The number of aryl methyl sites for hydroxylation is 1. The minimum absolute atomic E-state index is 0.148. The zero-order valence-electron chi connectivity index (χ0n) is 17.8. The zero-order valence-corrected chi connectivity index (χ0v) is 19.3. The topological polar surface area (TPSA) is 71.5 Å². The Hall–Kier alpha value is -2.50. The third-order valence-electron chi connectivity index (χ3n) is 4.65. The van der Waals surface area contributed by atoms with Crippen molar-refractivity contribution in [3.63, 3.8) is 0 Å². The summed E-state index contributed by atoms with van der Waals surface area (Å²) in [6.45, 7) is 2.02. The first kappa shape index (κ1) is 26.5. The quantitative estimate of drug-likeness (QED) is 0.196. The highest BCUT2D eigenvalue weighted by Crippen LogP contribution is 2.19. The lowest BCUT2D eigenvalue weighted by atomic mass is 10.0. The van der Waals surface area contributed by atoms with Crippen molar-refractivity contribution in [2.75, 3.05) is 11.9 Å². The van der Waals surface area contributed by atoms with Crippen molar-refractivity contribution < 1.29 is 19.2 Å². The maximum absolute atomic E-state index is 12.3. The molecule has 0 fully saturated rings. The van der Waals surface area contributed by atoms with Crippen molar-refractivity contribution in [2.24, 2.45) is 0 Å². The zero-order chi connectivity index (χ0) is 23.2. The fraction of sp³-hybridized carbons (Fsp3) is 0.333. The molecule has 0 saturated heterocycles. The molecule has 0 atom stereocenters. The number of rotatable bonds is 10. The number of ketones is 1. The van der Waals surface area contributed by atoms with Gasteiger partial charge < -0.3 is 4.90 Å². The first-order valence-corrected chi connectivity index (χ1v) is 10.8. The number of halogens is 2. The predicted octanol–water partition coefficient (Wildman–Crippen LogP) is 5.70. The molecule has 0 aromatic heterocycles. The maximum Gasteiger partial charge on any atom is 0.304 e. The number of para-hydroxylation sites is 1. The summed E-state index contributed by atoms with van der Waals surface area (Å²) in [5, 5.41) is -2.28. The van der Waals surface area contributed by atoms with Crippen LogP contribution in [0.1, 0.15) is 54.4 Å². The molecule has 0 spiro atoms. The fourth-order valence-corrected chi connectivity index (χ4v) is 2.93. The van der Waals surface area contributed by atoms with Crippen LogP contribution in [0.2, 0.25) is 0 Å². The van der Waals surface area contributed by atoms with Gasteiger partial charge in [-0.15, -0.1) is 0 Å². The van der Waals surface area contributed by atoms with Gasteiger partial charge in [0.05, 0.1) is 0 Å². The van der Waals surface area contributed by atoms with E-state index < -0.39 is 10.5 Å². The summed E-state index contributed by atoms with van der Waals surface area (Å²) in [4.78, 5) is 44.9. The number of carbonyl (C=O) groups is 4. The molecule has 166 valence electrons. The molecule has 0 saturated carbocycles. The van der Waals surface area contributed by atoms with Crippen molar-refractivity contribution in [3.05, 3.63) is 65.7 Å². The fourth-order valence-electron chi connectivity index (χ4n) is 2.93. The highest BCUT2D eigenvalue weighted by molar-refractivity contribution is 6.97. The minimum atomic E-state index is -1.14. The van der Waals surface area contributed by atoms with E-state index in [2.05, 4.69) is 23.2 Å². The summed E-state index contributed by atoms with van der Waals surface area (Å²) in [7, 11) is 1.84. The second kappa shape index (κ2) is 14.5. The Morgan fingerprint density at radius 3 is 1.81 bits per heavy atom. The summed E-state index contributed by atoms with van der Waals surface area (Å²) < 4.78 is 0. The Kier molecular flexibility index (Phi) is 12.4. The Bertz CT molecular complexity index is 872. The van der Waals surface area contributed by atoms with Crippen LogP contribution in [-0.2, 0) is 14.4 Å². The van der Waals surface area contributed by atoms with Crippen LogP contribution in [0.4, 0.5) is 5.69 Å². The molecule has 1 amide bonds. The van der Waals surface area contributed by atoms with E-state index in [4.69, 9.17) is 0 Å². The Morgan fingerprint density at radius 2 is 1.26 bits per heavy atom. The largest absolute Gasteiger partial charge is 0.315 e. The van der Waals surface area contributed by atoms with Gasteiger partial charge >= 0.3 is 10.5 Å². The van der Waals surface area contributed by atoms with E-state index in [1.165, 1.54) is 0 Å². The Morgan fingerprint density at radius 1 is 0.742 bits per heavy atom. The van der Waals surface area contributed by atoms with Gasteiger partial charge in [-0.1, -0.05) is 61.4 Å². The smallest absolute Gasteiger partial charge is 0.304 e. The molecule has 0 aliphatic carbocycles. The van der Waals surface area contributed by atoms with Crippen molar-refractivity contribution >= 4 is 51.1 Å². The van der Waals surface area contributed by atoms with Gasteiger partial charge in [0, 0.05) is 31.1 Å². The SMILES string of the molecule is Cc1ccccc1N(C)C(=O)CCCCCCC(=O)c1ccccc1.O=C(Cl)C(=O)Cl. The third kappa shape index (κ3) is 10.4. The normalized spacial score (nSPS) is 9.94. The summed E-state index contributed by atoms with van der Waals surface area (Å²) in [6, 6.07) is 17.4. The van der Waals surface area contributed by atoms with Crippen LogP contribution in [-0.4, -0.2) is 29.2 Å². The number of anilines is 1. The van der Waals surface area contributed by atoms with Gasteiger partial charge in [0.2, 0.25) is 5.91 Å². The number of Topliss-reactive ketones (excluding diaryl/α,β-unsaturated/α-hetero) is 1. The predicted molar refractivity (Wildman–Crippen MR) is 125 cm³/mol. The molecule has 2 aromatic rings. The lowest BCUT2D eigenvalue weighted by molar-refractivity contribution is -0.127. The maximum atomic E-state index is 12.3. The third-order valence-corrected chi connectivity index (χ3v) is 5.09. The summed E-state index contributed by atoms with van der Waals surface area (Å²) >= 11 is 8.98. The summed E-state index contributed by atoms with van der Waals surface area (Å²) in [6.07, 6.45) is 4.86. The van der Waals surface area contributed by atoms with Crippen LogP contribution in [0, 0.1) is 6.92 Å². The number of unbranched alkanes of at least 4 members (excludes halogenated alkanes) is 3. The lowest BCUT2D eigenvalue weighted by Gasteiger charge is -2.19. The van der Waals surface area contributed by atoms with E-state index in [-0.39, 0.29) is 11.7 Å². The molecule has 0 heterocycles. The van der Waals surface area contributed by atoms with E-state index in [9.17, 15) is 19.2 Å². The molecule has 2 rings (SSSR count). The van der Waals surface area contributed by atoms with Gasteiger partial charge in [-0.3, -0.25) is 19.2 Å². The van der Waals surface area contributed by atoms with Gasteiger partial charge in [0.15, 0.2) is 5.78 Å². The first-order chi connectivity index (χ1) is 14.7. The molecule has 5 nitrogen and oxygen atoms in total. The number of carbonyl (C=O) groups excluding carboxylic acids is 4. The van der Waals surface area contributed by atoms with E-state index in [0.29, 0.717) is 12.8 Å². The van der Waals surface area contributed by atoms with Gasteiger partial charge in [-0.2, -0.15) is 0 Å². The van der Waals surface area contributed by atoms with E-state index in [1.807, 2.05) is 68.6 Å². The molecule has 0 aliphatic heterocycles. The van der Waals surface area contributed by atoms with Crippen LogP contribution in [0.5, 0.6) is 0 Å². The van der Waals surface area contributed by atoms with Gasteiger partial charge in [-0.05, 0) is 54.6 Å². The minimum Gasteiger partial charge on any atom is -0.315 e. The van der Waals surface area contributed by atoms with Crippen molar-refractivity contribution in [3.8, 4) is 0 Å². The second-order valence-corrected chi connectivity index (χ2v) is 7.68. The number of hydrogen-bond donors (Lipinski definition) is 0. The van der Waals surface area contributed by atoms with E-state index >= 15 is 0 Å². The molecule has 0 unspecified atom stereocenters. The number of hydrogen-bond acceptors (Lipinski definition) is 4. The molecule has 0 N–H and O–H groups in total. The molecule has 0 bridgehead atoms. The average molecular weight is 464 g/mol. The summed E-state index contributed by atoms with van der Waals surface area (Å²) in [5.41, 5.74) is 2.87. The van der Waals surface area contributed by atoms with Crippen LogP contribution in [0.15, 0.2) is 54.6 Å². The average Bonchev–Trinajstić information content (AvgIpc) is 2.76. The monoisotopic (exact) mass is 463 g/mol. The van der Waals surface area contributed by atoms with Crippen molar-refractivity contribution in [1.82, 2.24) is 0 Å². The second-order valence-electron chi connectivity index (χ2n) is 6.99.